The number of halogens is 1. The van der Waals surface area contributed by atoms with E-state index in [1.54, 1.807) is 13.4 Å². The van der Waals surface area contributed by atoms with Gasteiger partial charge in [-0.1, -0.05) is 23.5 Å². The molecule has 0 amide bonds. The summed E-state index contributed by atoms with van der Waals surface area (Å²) >= 11 is 8.08. The Bertz CT molecular complexity index is 1010. The van der Waals surface area contributed by atoms with Gasteiger partial charge in [0.15, 0.2) is 0 Å². The normalized spacial score (nSPS) is 12.4. The third-order valence-electron chi connectivity index (χ3n) is 3.93. The van der Waals surface area contributed by atoms with E-state index in [2.05, 4.69) is 20.2 Å². The third kappa shape index (κ3) is 3.36. The number of nitrogens with one attached hydrogen (secondary N) is 1. The molecular formula is C18H15ClN4OS. The van der Waals surface area contributed by atoms with E-state index in [9.17, 15) is 0 Å². The van der Waals surface area contributed by atoms with Crippen molar-refractivity contribution in [3.63, 3.8) is 0 Å². The number of aromatic nitrogens is 4. The predicted octanol–water partition coefficient (Wildman–Crippen LogP) is 4.61. The Hall–Kier alpha value is -2.44. The number of rotatable bonds is 5. The van der Waals surface area contributed by atoms with Crippen LogP contribution in [-0.4, -0.2) is 27.3 Å². The van der Waals surface area contributed by atoms with Crippen LogP contribution in [0.1, 0.15) is 15.9 Å². The first kappa shape index (κ1) is 16.1. The lowest BCUT2D eigenvalue weighted by Crippen LogP contribution is -1.96. The maximum absolute atomic E-state index is 6.56. The maximum Gasteiger partial charge on any atom is 0.147 e. The summed E-state index contributed by atoms with van der Waals surface area (Å²) in [5.41, 5.74) is 4.01. The molecule has 2 heterocycles. The average molecular weight is 371 g/mol. The van der Waals surface area contributed by atoms with Gasteiger partial charge in [0.1, 0.15) is 15.8 Å². The van der Waals surface area contributed by atoms with E-state index in [1.165, 1.54) is 11.3 Å². The molecular weight excluding hydrogens is 356 g/mol. The van der Waals surface area contributed by atoms with Crippen molar-refractivity contribution in [1.82, 2.24) is 20.2 Å². The number of alkyl halides is 1. The van der Waals surface area contributed by atoms with Crippen LogP contribution >= 0.6 is 22.9 Å². The summed E-state index contributed by atoms with van der Waals surface area (Å²) in [7, 11) is 1.66. The first-order valence-electron chi connectivity index (χ1n) is 7.77. The van der Waals surface area contributed by atoms with Crippen LogP contribution in [0.2, 0.25) is 0 Å². The zero-order valence-electron chi connectivity index (χ0n) is 13.4. The minimum absolute atomic E-state index is 0.229. The fourth-order valence-corrected chi connectivity index (χ4v) is 3.81. The molecule has 1 unspecified atom stereocenters. The number of fused-ring (bicyclic) bond motifs is 1. The number of nitrogens with zero attached hydrogens (tertiary/aromatic N) is 3. The monoisotopic (exact) mass is 370 g/mol. The van der Waals surface area contributed by atoms with Crippen LogP contribution in [0.4, 0.5) is 0 Å². The zero-order valence-corrected chi connectivity index (χ0v) is 15.0. The zero-order chi connectivity index (χ0) is 17.2. The van der Waals surface area contributed by atoms with Gasteiger partial charge in [0.05, 0.1) is 29.8 Å². The highest BCUT2D eigenvalue weighted by Gasteiger charge is 2.16. The first-order valence-corrected chi connectivity index (χ1v) is 9.02. The fraction of sp³-hybridized carbons (Fsp3) is 0.167. The van der Waals surface area contributed by atoms with E-state index in [-0.39, 0.29) is 5.38 Å². The lowest BCUT2D eigenvalue weighted by molar-refractivity contribution is 0.414. The SMILES string of the molecule is COc1cccc(CC(Cl)c2nnc(-c3ccc4[nH]cnc4c3)s2)c1. The molecule has 0 fully saturated rings. The molecule has 0 saturated carbocycles. The van der Waals surface area contributed by atoms with E-state index >= 15 is 0 Å². The molecule has 1 atom stereocenters. The van der Waals surface area contributed by atoms with E-state index in [4.69, 9.17) is 16.3 Å². The van der Waals surface area contributed by atoms with E-state index in [0.717, 1.165) is 37.9 Å². The van der Waals surface area contributed by atoms with Crippen molar-refractivity contribution < 1.29 is 4.74 Å². The highest BCUT2D eigenvalue weighted by atomic mass is 35.5. The summed E-state index contributed by atoms with van der Waals surface area (Å²) < 4.78 is 5.26. The van der Waals surface area contributed by atoms with E-state index in [1.807, 2.05) is 42.5 Å². The minimum Gasteiger partial charge on any atom is -0.497 e. The van der Waals surface area contributed by atoms with Gasteiger partial charge in [0, 0.05) is 5.56 Å². The molecule has 4 rings (SSSR count). The van der Waals surface area contributed by atoms with Gasteiger partial charge in [-0.3, -0.25) is 0 Å². The molecule has 126 valence electrons. The Balaban J connectivity index is 1.55. The van der Waals surface area contributed by atoms with Crippen molar-refractivity contribution in [2.45, 2.75) is 11.8 Å². The van der Waals surface area contributed by atoms with Crippen molar-refractivity contribution in [2.24, 2.45) is 0 Å². The van der Waals surface area contributed by atoms with E-state index in [0.29, 0.717) is 6.42 Å². The van der Waals surface area contributed by atoms with Crippen LogP contribution in [0.3, 0.4) is 0 Å². The molecule has 0 aliphatic rings. The van der Waals surface area contributed by atoms with Gasteiger partial charge in [-0.05, 0) is 42.3 Å². The molecule has 0 spiro atoms. The van der Waals surface area contributed by atoms with E-state index < -0.39 is 0 Å². The summed E-state index contributed by atoms with van der Waals surface area (Å²) in [6, 6.07) is 13.9. The topological polar surface area (TPSA) is 63.7 Å². The molecule has 2 aromatic carbocycles. The van der Waals surface area contributed by atoms with Crippen molar-refractivity contribution in [1.29, 1.82) is 0 Å². The highest BCUT2D eigenvalue weighted by molar-refractivity contribution is 7.15. The number of hydrogen-bond donors (Lipinski definition) is 1. The van der Waals surface area contributed by atoms with Gasteiger partial charge in [-0.2, -0.15) is 0 Å². The highest BCUT2D eigenvalue weighted by Crippen LogP contribution is 2.33. The summed E-state index contributed by atoms with van der Waals surface area (Å²) in [5, 5.41) is 9.99. The molecule has 25 heavy (non-hydrogen) atoms. The molecule has 7 heteroatoms. The molecule has 4 aromatic rings. The molecule has 0 bridgehead atoms. The van der Waals surface area contributed by atoms with Crippen molar-refractivity contribution >= 4 is 34.0 Å². The van der Waals surface area contributed by atoms with Crippen molar-refractivity contribution in [2.75, 3.05) is 7.11 Å². The lowest BCUT2D eigenvalue weighted by Gasteiger charge is -2.07. The summed E-state index contributed by atoms with van der Waals surface area (Å²) in [5.74, 6) is 0.826. The Kier molecular flexibility index (Phi) is 4.38. The number of hydrogen-bond acceptors (Lipinski definition) is 5. The second kappa shape index (κ2) is 6.82. The van der Waals surface area contributed by atoms with Crippen LogP contribution < -0.4 is 4.74 Å². The Morgan fingerprint density at radius 2 is 2.12 bits per heavy atom. The number of imidazole rings is 1. The van der Waals surface area contributed by atoms with Gasteiger partial charge in [0.25, 0.3) is 0 Å². The molecule has 0 radical (unpaired) electrons. The molecule has 0 aliphatic carbocycles. The largest absolute Gasteiger partial charge is 0.497 e. The van der Waals surface area contributed by atoms with Crippen LogP contribution in [0, 0.1) is 0 Å². The molecule has 2 aromatic heterocycles. The summed E-state index contributed by atoms with van der Waals surface area (Å²) in [6.45, 7) is 0. The van der Waals surface area contributed by atoms with Crippen LogP contribution in [0.15, 0.2) is 48.8 Å². The second-order valence-corrected chi connectivity index (χ2v) is 7.14. The molecule has 0 saturated heterocycles. The van der Waals surface area contributed by atoms with Gasteiger partial charge in [0.2, 0.25) is 0 Å². The summed E-state index contributed by atoms with van der Waals surface area (Å²) in [4.78, 5) is 7.37. The molecule has 1 N–H and O–H groups in total. The first-order chi connectivity index (χ1) is 12.2. The second-order valence-electron chi connectivity index (χ2n) is 5.60. The van der Waals surface area contributed by atoms with Gasteiger partial charge < -0.3 is 9.72 Å². The minimum atomic E-state index is -0.229. The number of H-pyrrole nitrogens is 1. The van der Waals surface area contributed by atoms with Crippen molar-refractivity contribution in [3.05, 3.63) is 59.4 Å². The Morgan fingerprint density at radius 1 is 1.20 bits per heavy atom. The Labute approximate surface area is 153 Å². The standard InChI is InChI=1S/C18H15ClN4OS/c1-24-13-4-2-3-11(7-13)8-14(19)18-23-22-17(25-18)12-5-6-15-16(9-12)21-10-20-15/h2-7,9-10,14H,8H2,1H3,(H,20,21). The maximum atomic E-state index is 6.56. The third-order valence-corrected chi connectivity index (χ3v) is 5.50. The smallest absolute Gasteiger partial charge is 0.147 e. The lowest BCUT2D eigenvalue weighted by atomic mass is 10.1. The fourth-order valence-electron chi connectivity index (χ4n) is 2.64. The summed E-state index contributed by atoms with van der Waals surface area (Å²) in [6.07, 6.45) is 2.36. The quantitative estimate of drug-likeness (QED) is 0.521. The number of methoxy groups -OCH3 is 1. The van der Waals surface area contributed by atoms with Crippen molar-refractivity contribution in [3.8, 4) is 16.3 Å². The number of aromatic amines is 1. The van der Waals surface area contributed by atoms with Gasteiger partial charge in [-0.15, -0.1) is 21.8 Å². The van der Waals surface area contributed by atoms with Gasteiger partial charge in [-0.25, -0.2) is 4.98 Å². The molecule has 0 aliphatic heterocycles. The van der Waals surface area contributed by atoms with Crippen LogP contribution in [0.5, 0.6) is 5.75 Å². The molecule has 5 nitrogen and oxygen atoms in total. The van der Waals surface area contributed by atoms with Crippen LogP contribution in [0.25, 0.3) is 21.6 Å². The van der Waals surface area contributed by atoms with Gasteiger partial charge >= 0.3 is 0 Å². The average Bonchev–Trinajstić information content (AvgIpc) is 3.30. The Morgan fingerprint density at radius 3 is 3.00 bits per heavy atom. The predicted molar refractivity (Wildman–Crippen MR) is 100 cm³/mol. The number of ether oxygens (including phenoxy) is 1. The van der Waals surface area contributed by atoms with Crippen LogP contribution in [-0.2, 0) is 6.42 Å². The number of benzene rings is 2.